The average molecular weight is 1810 g/mol. The van der Waals surface area contributed by atoms with Gasteiger partial charge in [-0.1, -0.05) is 197 Å². The molecule has 12 heterocycles. The van der Waals surface area contributed by atoms with Crippen molar-refractivity contribution >= 4 is 123 Å². The Morgan fingerprint density at radius 3 is 1.34 bits per heavy atom. The number of hydrogen-bond acceptors (Lipinski definition) is 18. The summed E-state index contributed by atoms with van der Waals surface area (Å²) >= 11 is 6.87. The number of hydrogen-bond donors (Lipinski definition) is 4. The zero-order valence-corrected chi connectivity index (χ0v) is 78.4. The van der Waals surface area contributed by atoms with Crippen molar-refractivity contribution in [2.75, 3.05) is 36.7 Å². The number of H-pyrrole nitrogens is 1. The summed E-state index contributed by atoms with van der Waals surface area (Å²) in [7, 11) is -0.486. The van der Waals surface area contributed by atoms with Crippen molar-refractivity contribution in [2.45, 2.75) is 155 Å². The predicted octanol–water partition coefficient (Wildman–Crippen LogP) is 23.8. The number of ether oxygens (including phenoxy) is 3. The van der Waals surface area contributed by atoms with E-state index in [4.69, 9.17) is 56.9 Å². The van der Waals surface area contributed by atoms with E-state index in [1.807, 2.05) is 169 Å². The minimum Gasteiger partial charge on any atom is -0.480 e. The van der Waals surface area contributed by atoms with Gasteiger partial charge in [0.05, 0.1) is 63.5 Å². The average Bonchev–Trinajstić information content (AvgIpc) is 1.59. The smallest absolute Gasteiger partial charge is 0.280 e. The van der Waals surface area contributed by atoms with Gasteiger partial charge in [0.15, 0.2) is 11.5 Å². The molecule has 5 N–H and O–H groups in total. The zero-order chi connectivity index (χ0) is 90.8. The largest absolute Gasteiger partial charge is 0.480 e. The van der Waals surface area contributed by atoms with Crippen molar-refractivity contribution in [2.24, 2.45) is 0 Å². The van der Waals surface area contributed by atoms with E-state index in [1.54, 1.807) is 56.7 Å². The molecule has 132 heavy (non-hydrogen) atoms. The van der Waals surface area contributed by atoms with Gasteiger partial charge in [-0.25, -0.2) is 14.3 Å². The third-order valence-electron chi connectivity index (χ3n) is 24.4. The molecule has 21 rings (SSSR count). The number of allylic oxidation sites excluding steroid dienone is 10. The Hall–Kier alpha value is -13.9. The molecule has 0 saturated heterocycles. The third kappa shape index (κ3) is 20.0. The Morgan fingerprint density at radius 2 is 0.902 bits per heavy atom. The first-order valence-electron chi connectivity index (χ1n) is 45.6. The Morgan fingerprint density at radius 1 is 0.455 bits per heavy atom. The molecule has 0 bridgehead atoms. The molecule has 0 saturated carbocycles. The molecule has 0 radical (unpaired) electrons. The van der Waals surface area contributed by atoms with E-state index in [9.17, 15) is 9.59 Å². The summed E-state index contributed by atoms with van der Waals surface area (Å²) in [5.41, 5.74) is 29.6. The number of halogens is 1. The summed E-state index contributed by atoms with van der Waals surface area (Å²) in [6, 6.07) is 68.3. The molecule has 0 unspecified atom stereocenters. The van der Waals surface area contributed by atoms with Gasteiger partial charge in [0.2, 0.25) is 5.88 Å². The van der Waals surface area contributed by atoms with Crippen LogP contribution in [0.25, 0.3) is 111 Å². The molecule has 0 spiro atoms. The molecule has 0 amide bonds. The Bertz CT molecular complexity index is 7070. The van der Waals surface area contributed by atoms with Crippen LogP contribution in [-0.4, -0.2) is 127 Å². The fraction of sp³-hybridized carbons (Fsp3) is 0.257. The molecule has 10 aromatic heterocycles. The van der Waals surface area contributed by atoms with Crippen LogP contribution in [0.3, 0.4) is 0 Å². The van der Waals surface area contributed by atoms with Gasteiger partial charge in [0.1, 0.15) is 47.3 Å². The Labute approximate surface area is 774 Å². The molecule has 6 aromatic carbocycles. The molecule has 0 fully saturated rings. The van der Waals surface area contributed by atoms with E-state index in [2.05, 4.69) is 141 Å². The van der Waals surface area contributed by atoms with E-state index >= 15 is 0 Å². The van der Waals surface area contributed by atoms with E-state index in [0.717, 1.165) is 211 Å². The summed E-state index contributed by atoms with van der Waals surface area (Å²) in [6.45, 7) is 16.5. The summed E-state index contributed by atoms with van der Waals surface area (Å²) in [5, 5.41) is 41.3. The highest BCUT2D eigenvalue weighted by molar-refractivity contribution is 6.76. The van der Waals surface area contributed by atoms with Crippen LogP contribution >= 0.6 is 11.6 Å². The Kier molecular flexibility index (Phi) is 26.8. The molecule has 27 heteroatoms. The topological polar surface area (TPSA) is 281 Å². The summed E-state index contributed by atoms with van der Waals surface area (Å²) in [5.74, 6) is 2.22. The SMILES string of the molecule is COc1c(-c2ccc3ncccc3c2)c(Cl)nc2c(C3=CCCCC3)c(-c3ccccc3)nn12.C[Si](C)(C)CCOCn1ccc(N)n1.C[Si](C)(C)CCOCn1ccc(NC2=C(c3ccc4ncccc4c3)C(=O)n3nc(-c4ccccc4)c(C4=CCCCC4)c3C2)n1.O=C1C(c2ccc3ncccc3c2)=C(Nc2ccn[nH]2)Cc2c(C3=CCCCC3)c(-c3ccccc3)nn21. The van der Waals surface area contributed by atoms with Crippen molar-refractivity contribution in [3.63, 3.8) is 0 Å². The number of aromatic nitrogens is 16. The fourth-order valence-electron chi connectivity index (χ4n) is 17.7. The number of nitrogens with zero attached hydrogens (tertiary/aromatic N) is 15. The fourth-order valence-corrected chi connectivity index (χ4v) is 19.5. The number of carbonyl (C=O) groups excluding carboxylic acids is 2. The van der Waals surface area contributed by atoms with Crippen molar-refractivity contribution in [3.8, 4) is 50.8 Å². The number of fused-ring (bicyclic) bond motifs is 6. The number of rotatable bonds is 24. The highest BCUT2D eigenvalue weighted by Gasteiger charge is 2.37. The molecule has 16 aromatic rings. The minimum atomic E-state index is -1.17. The van der Waals surface area contributed by atoms with Crippen LogP contribution in [0.2, 0.25) is 56.5 Å². The number of nitrogen functional groups attached to an aromatic ring is 1. The number of anilines is 3. The van der Waals surface area contributed by atoms with E-state index < -0.39 is 16.1 Å². The van der Waals surface area contributed by atoms with Crippen LogP contribution in [0, 0.1) is 0 Å². The lowest BCUT2D eigenvalue weighted by molar-refractivity contribution is 0.0787. The minimum absolute atomic E-state index is 0.142. The molecule has 5 aliphatic rings. The Balaban J connectivity index is 0.000000125. The van der Waals surface area contributed by atoms with Gasteiger partial charge in [-0.3, -0.25) is 29.6 Å². The maximum Gasteiger partial charge on any atom is 0.280 e. The van der Waals surface area contributed by atoms with Gasteiger partial charge in [0.25, 0.3) is 11.8 Å². The lowest BCUT2D eigenvalue weighted by Gasteiger charge is -2.23. The molecule has 668 valence electrons. The highest BCUT2D eigenvalue weighted by atomic mass is 35.5. The van der Waals surface area contributed by atoms with E-state index in [1.165, 1.54) is 42.0 Å². The van der Waals surface area contributed by atoms with Gasteiger partial charge < -0.3 is 30.6 Å². The normalized spacial score (nSPS) is 14.6. The number of methoxy groups -OCH3 is 1. The van der Waals surface area contributed by atoms with Crippen LogP contribution in [0.5, 0.6) is 5.88 Å². The van der Waals surface area contributed by atoms with E-state index in [0.29, 0.717) is 65.7 Å². The number of benzene rings is 6. The van der Waals surface area contributed by atoms with Gasteiger partial charge in [-0.15, -0.1) is 0 Å². The first kappa shape index (κ1) is 88.7. The number of nitrogens with two attached hydrogens (primary N) is 1. The van der Waals surface area contributed by atoms with Crippen molar-refractivity contribution in [1.29, 1.82) is 0 Å². The van der Waals surface area contributed by atoms with Gasteiger partial charge >= 0.3 is 0 Å². The second-order valence-corrected chi connectivity index (χ2v) is 47.9. The lowest BCUT2D eigenvalue weighted by Crippen LogP contribution is -2.27. The number of aromatic amines is 1. The predicted molar refractivity (Wildman–Crippen MR) is 534 cm³/mol. The van der Waals surface area contributed by atoms with Crippen LogP contribution in [-0.2, 0) is 35.8 Å². The third-order valence-corrected chi connectivity index (χ3v) is 28.1. The first-order valence-corrected chi connectivity index (χ1v) is 53.4. The molecule has 3 aliphatic carbocycles. The van der Waals surface area contributed by atoms with Gasteiger partial charge in [0, 0.05) is 147 Å². The van der Waals surface area contributed by atoms with Crippen molar-refractivity contribution in [1.82, 2.24) is 78.9 Å². The second-order valence-electron chi connectivity index (χ2n) is 36.3. The standard InChI is InChI=1S/C37H40N6O2Si.C31H26N6O.C28H23ClN4O.C9H19N3OSi/c1-46(2,3)22-21-45-25-42-20-18-33(40-42)39-31-24-32-35(26-11-6-4-7-12-26)36(27-13-8-5-9-14-27)41-43(32)37(44)34(31)29-16-17-30-28(23-29)15-10-19-38-30;38-31-28(23-13-14-24-22(18-23)12-7-16-32-24)25(34-27-15-17-33-35-27)19-26-29(20-8-3-1-4-9-20)30(36-37(26)31)21-10-5-2-6-11-21;1-34-28-24(21-14-15-22-20(17-21)13-8-16-30-22)26(29)31-27-23(18-9-4-2-5-10-18)25(32-33(27)28)19-11-6-3-7-12-19;1-14(2,3)7-6-13-8-12-5-4-9(10)11-12/h5,8-11,13-20,23H,4,6-7,12,21-22,24-25H2,1-3H3,(H,39,40);2,5-8,10-18H,1,3-4,9,19H2,(H2,33,34,35);3,6-9,11-17H,2,4-5,10H2,1H3;4-5H,6-8H2,1-3H3,(H2,10,11). The molecular weight excluding hydrogens is 1700 g/mol. The van der Waals surface area contributed by atoms with Crippen LogP contribution in [0.1, 0.15) is 126 Å². The van der Waals surface area contributed by atoms with Gasteiger partial charge in [-0.05, 0) is 177 Å². The number of nitrogens with one attached hydrogen (secondary N) is 3. The highest BCUT2D eigenvalue weighted by Crippen LogP contribution is 2.47. The summed E-state index contributed by atoms with van der Waals surface area (Å²) < 4.78 is 26.0. The monoisotopic (exact) mass is 1810 g/mol. The van der Waals surface area contributed by atoms with Crippen LogP contribution < -0.4 is 21.1 Å². The number of carbonyl (C=O) groups is 2. The molecule has 0 atom stereocenters. The maximum absolute atomic E-state index is 14.6. The maximum atomic E-state index is 14.6. The number of pyridine rings is 3. The van der Waals surface area contributed by atoms with E-state index in [-0.39, 0.29) is 11.8 Å². The van der Waals surface area contributed by atoms with Crippen molar-refractivity contribution in [3.05, 3.63) is 311 Å². The van der Waals surface area contributed by atoms with Crippen LogP contribution in [0.4, 0.5) is 17.5 Å². The van der Waals surface area contributed by atoms with Crippen LogP contribution in [0.15, 0.2) is 267 Å². The first-order chi connectivity index (χ1) is 64.3. The quantitative estimate of drug-likeness (QED) is 0.0248. The van der Waals surface area contributed by atoms with Gasteiger partial charge in [-0.2, -0.15) is 44.5 Å². The molecular formula is C105H108ClN19O5Si2. The molecule has 2 aliphatic heterocycles. The summed E-state index contributed by atoms with van der Waals surface area (Å²) in [4.78, 5) is 47.2. The zero-order valence-electron chi connectivity index (χ0n) is 75.6. The van der Waals surface area contributed by atoms with Crippen molar-refractivity contribution < 1.29 is 23.8 Å². The molecule has 24 nitrogen and oxygen atoms in total. The lowest BCUT2D eigenvalue weighted by atomic mass is 9.88. The summed E-state index contributed by atoms with van der Waals surface area (Å²) in [6.07, 6.45) is 32.0. The second kappa shape index (κ2) is 39.8.